The van der Waals surface area contributed by atoms with Crippen LogP contribution in [0.3, 0.4) is 0 Å². The highest BCUT2D eigenvalue weighted by atomic mass is 19.3. The lowest BCUT2D eigenvalue weighted by molar-refractivity contribution is -0.0698. The number of alkyl halides is 2. The largest absolute Gasteiger partial charge is 0.375 e. The molecule has 0 aliphatic carbocycles. The molecule has 2 N–H and O–H groups in total. The van der Waals surface area contributed by atoms with Gasteiger partial charge in [0.2, 0.25) is 0 Å². The van der Waals surface area contributed by atoms with Crippen molar-refractivity contribution < 1.29 is 13.5 Å². The van der Waals surface area contributed by atoms with Crippen LogP contribution in [0.15, 0.2) is 0 Å². The maximum Gasteiger partial charge on any atom is 0.282 e. The summed E-state index contributed by atoms with van der Waals surface area (Å²) >= 11 is 0. The highest BCUT2D eigenvalue weighted by molar-refractivity contribution is 4.64. The quantitative estimate of drug-likeness (QED) is 0.592. The first kappa shape index (κ1) is 13.8. The molecule has 0 aliphatic heterocycles. The Morgan fingerprint density at radius 1 is 1.14 bits per heavy atom. The Kier molecular flexibility index (Phi) is 7.99. The predicted octanol–water partition coefficient (Wildman–Crippen LogP) is 2.57. The van der Waals surface area contributed by atoms with E-state index in [1.165, 1.54) is 12.8 Å². The molecule has 4 heteroatoms. The van der Waals surface area contributed by atoms with Crippen LogP contribution in [0, 0.1) is 0 Å². The monoisotopic (exact) mass is 209 g/mol. The maximum atomic E-state index is 12.5. The normalized spacial score (nSPS) is 12.0. The summed E-state index contributed by atoms with van der Waals surface area (Å²) in [7, 11) is 0. The number of halogens is 2. The van der Waals surface area contributed by atoms with Crippen molar-refractivity contribution >= 4 is 0 Å². The van der Waals surface area contributed by atoms with Gasteiger partial charge in [0.1, 0.15) is 6.61 Å². The first-order valence-electron chi connectivity index (χ1n) is 5.28. The van der Waals surface area contributed by atoms with Gasteiger partial charge >= 0.3 is 0 Å². The molecule has 0 fully saturated rings. The SMILES string of the molecule is CCCCCCCOCC(F)(F)CN. The molecule has 0 saturated heterocycles. The van der Waals surface area contributed by atoms with Gasteiger partial charge in [0, 0.05) is 6.61 Å². The zero-order valence-electron chi connectivity index (χ0n) is 8.90. The van der Waals surface area contributed by atoms with Gasteiger partial charge in [-0.1, -0.05) is 32.6 Å². The van der Waals surface area contributed by atoms with Crippen molar-refractivity contribution in [3.05, 3.63) is 0 Å². The Morgan fingerprint density at radius 2 is 1.79 bits per heavy atom. The van der Waals surface area contributed by atoms with Gasteiger partial charge in [0.05, 0.1) is 6.54 Å². The maximum absolute atomic E-state index is 12.5. The second-order valence-corrected chi connectivity index (χ2v) is 3.53. The lowest BCUT2D eigenvalue weighted by atomic mass is 10.2. The second-order valence-electron chi connectivity index (χ2n) is 3.53. The van der Waals surface area contributed by atoms with Crippen LogP contribution in [0.25, 0.3) is 0 Å². The van der Waals surface area contributed by atoms with Crippen LogP contribution in [-0.4, -0.2) is 25.7 Å². The topological polar surface area (TPSA) is 35.2 Å². The molecule has 0 heterocycles. The Balaban J connectivity index is 3.13. The van der Waals surface area contributed by atoms with Crippen LogP contribution >= 0.6 is 0 Å². The van der Waals surface area contributed by atoms with Crippen LogP contribution in [-0.2, 0) is 4.74 Å². The lowest BCUT2D eigenvalue weighted by Gasteiger charge is -2.13. The van der Waals surface area contributed by atoms with Gasteiger partial charge in [-0.15, -0.1) is 0 Å². The minimum atomic E-state index is -2.86. The van der Waals surface area contributed by atoms with E-state index in [2.05, 4.69) is 6.92 Å². The molecule has 0 saturated carbocycles. The van der Waals surface area contributed by atoms with E-state index < -0.39 is 19.1 Å². The number of unbranched alkanes of at least 4 members (excludes halogenated alkanes) is 4. The number of hydrogen-bond acceptors (Lipinski definition) is 2. The highest BCUT2D eigenvalue weighted by Crippen LogP contribution is 2.11. The summed E-state index contributed by atoms with van der Waals surface area (Å²) in [6, 6.07) is 0. The number of rotatable bonds is 9. The smallest absolute Gasteiger partial charge is 0.282 e. The standard InChI is InChI=1S/C10H21F2NO/c1-2-3-4-5-6-7-14-9-10(11,12)8-13/h2-9,13H2,1H3. The van der Waals surface area contributed by atoms with Gasteiger partial charge in [-0.2, -0.15) is 0 Å². The molecule has 0 rings (SSSR count). The van der Waals surface area contributed by atoms with E-state index in [0.29, 0.717) is 6.61 Å². The number of nitrogens with two attached hydrogens (primary N) is 1. The molecule has 0 unspecified atom stereocenters. The molecule has 86 valence electrons. The van der Waals surface area contributed by atoms with E-state index in [9.17, 15) is 8.78 Å². The third kappa shape index (κ3) is 8.38. The Labute approximate surface area is 84.8 Å². The molecule has 0 bridgehead atoms. The van der Waals surface area contributed by atoms with Crippen LogP contribution in [0.5, 0.6) is 0 Å². The van der Waals surface area contributed by atoms with Gasteiger partial charge in [-0.3, -0.25) is 0 Å². The van der Waals surface area contributed by atoms with E-state index in [-0.39, 0.29) is 0 Å². The van der Waals surface area contributed by atoms with Gasteiger partial charge < -0.3 is 10.5 Å². The molecule has 2 nitrogen and oxygen atoms in total. The van der Waals surface area contributed by atoms with Gasteiger partial charge in [-0.25, -0.2) is 8.78 Å². The number of hydrogen-bond donors (Lipinski definition) is 1. The van der Waals surface area contributed by atoms with Gasteiger partial charge in [0.15, 0.2) is 0 Å². The first-order chi connectivity index (χ1) is 6.62. The summed E-state index contributed by atoms with van der Waals surface area (Å²) in [6.45, 7) is 1.37. The second kappa shape index (κ2) is 8.12. The molecule has 0 aliphatic rings. The summed E-state index contributed by atoms with van der Waals surface area (Å²) < 4.78 is 29.9. The molecule has 0 aromatic carbocycles. The summed E-state index contributed by atoms with van der Waals surface area (Å²) in [5.74, 6) is -2.86. The summed E-state index contributed by atoms with van der Waals surface area (Å²) in [6.07, 6.45) is 5.47. The first-order valence-corrected chi connectivity index (χ1v) is 5.28. The zero-order chi connectivity index (χ0) is 10.9. The molecule has 0 aromatic heterocycles. The molecule has 0 spiro atoms. The molecular formula is C10H21F2NO. The number of ether oxygens (including phenoxy) is 1. The van der Waals surface area contributed by atoms with Crippen LogP contribution < -0.4 is 5.73 Å². The summed E-state index contributed by atoms with van der Waals surface area (Å²) in [5.41, 5.74) is 4.86. The van der Waals surface area contributed by atoms with Crippen molar-refractivity contribution in [1.82, 2.24) is 0 Å². The van der Waals surface area contributed by atoms with E-state index in [1.807, 2.05) is 0 Å². The molecule has 14 heavy (non-hydrogen) atoms. The van der Waals surface area contributed by atoms with Crippen molar-refractivity contribution in [2.75, 3.05) is 19.8 Å². The van der Waals surface area contributed by atoms with Gasteiger partial charge in [-0.05, 0) is 6.42 Å². The third-order valence-corrected chi connectivity index (χ3v) is 2.00. The van der Waals surface area contributed by atoms with E-state index in [0.717, 1.165) is 19.3 Å². The van der Waals surface area contributed by atoms with Crippen molar-refractivity contribution in [2.24, 2.45) is 5.73 Å². The fourth-order valence-electron chi connectivity index (χ4n) is 1.09. The van der Waals surface area contributed by atoms with Crippen molar-refractivity contribution in [3.63, 3.8) is 0 Å². The summed E-state index contributed by atoms with van der Waals surface area (Å²) in [4.78, 5) is 0. The van der Waals surface area contributed by atoms with Crippen molar-refractivity contribution in [1.29, 1.82) is 0 Å². The average molecular weight is 209 g/mol. The Morgan fingerprint density at radius 3 is 2.36 bits per heavy atom. The zero-order valence-corrected chi connectivity index (χ0v) is 8.90. The van der Waals surface area contributed by atoms with Crippen molar-refractivity contribution in [2.45, 2.75) is 45.0 Å². The van der Waals surface area contributed by atoms with E-state index in [4.69, 9.17) is 10.5 Å². The van der Waals surface area contributed by atoms with Crippen LogP contribution in [0.1, 0.15) is 39.0 Å². The average Bonchev–Trinajstić information content (AvgIpc) is 2.16. The molecular weight excluding hydrogens is 188 g/mol. The van der Waals surface area contributed by atoms with Crippen LogP contribution in [0.4, 0.5) is 8.78 Å². The molecule has 0 atom stereocenters. The fourth-order valence-corrected chi connectivity index (χ4v) is 1.09. The van der Waals surface area contributed by atoms with E-state index >= 15 is 0 Å². The van der Waals surface area contributed by atoms with Crippen LogP contribution in [0.2, 0.25) is 0 Å². The molecule has 0 amide bonds. The lowest BCUT2D eigenvalue weighted by Crippen LogP contribution is -2.33. The third-order valence-electron chi connectivity index (χ3n) is 2.00. The molecule has 0 radical (unpaired) electrons. The minimum absolute atomic E-state index is 0.416. The summed E-state index contributed by atoms with van der Waals surface area (Å²) in [5, 5.41) is 0. The minimum Gasteiger partial charge on any atom is -0.375 e. The Bertz CT molecular complexity index is 131. The Hall–Kier alpha value is -0.220. The fraction of sp³-hybridized carbons (Fsp3) is 1.00. The predicted molar refractivity (Wildman–Crippen MR) is 53.6 cm³/mol. The highest BCUT2D eigenvalue weighted by Gasteiger charge is 2.26. The van der Waals surface area contributed by atoms with E-state index in [1.54, 1.807) is 0 Å². The van der Waals surface area contributed by atoms with Crippen molar-refractivity contribution in [3.8, 4) is 0 Å². The van der Waals surface area contributed by atoms with Gasteiger partial charge in [0.25, 0.3) is 5.92 Å². The molecule has 0 aromatic rings.